The van der Waals surface area contributed by atoms with Gasteiger partial charge in [-0.25, -0.2) is 10.1 Å². The van der Waals surface area contributed by atoms with E-state index in [1.807, 2.05) is 0 Å². The molecule has 0 amide bonds. The van der Waals surface area contributed by atoms with Crippen molar-refractivity contribution in [3.8, 4) is 0 Å². The molecule has 0 saturated heterocycles. The quantitative estimate of drug-likeness (QED) is 0.338. The van der Waals surface area contributed by atoms with Gasteiger partial charge in [-0.2, -0.15) is 8.42 Å². The second-order valence-corrected chi connectivity index (χ2v) is 7.80. The number of thiazole rings is 1. The molecule has 1 aromatic rings. The monoisotopic (exact) mass is 352 g/mol. The zero-order valence-corrected chi connectivity index (χ0v) is 13.4. The second kappa shape index (κ2) is 7.59. The van der Waals surface area contributed by atoms with Gasteiger partial charge in [0.1, 0.15) is 10.8 Å². The molecule has 0 spiro atoms. The molecule has 21 heavy (non-hydrogen) atoms. The van der Waals surface area contributed by atoms with Crippen LogP contribution in [-0.4, -0.2) is 35.0 Å². The van der Waals surface area contributed by atoms with Gasteiger partial charge in [-0.1, -0.05) is 0 Å². The van der Waals surface area contributed by atoms with Gasteiger partial charge in [0.25, 0.3) is 0 Å². The third-order valence-corrected chi connectivity index (χ3v) is 4.74. The number of amidine groups is 2. The fourth-order valence-electron chi connectivity index (χ4n) is 1.32. The van der Waals surface area contributed by atoms with E-state index in [-0.39, 0.29) is 36.0 Å². The average molecular weight is 352 g/mol. The number of nitrogens with zero attached hydrogens (tertiary/aromatic N) is 2. The van der Waals surface area contributed by atoms with Crippen molar-refractivity contribution in [2.75, 3.05) is 5.75 Å². The lowest BCUT2D eigenvalue weighted by atomic mass is 10.4. The molecule has 0 radical (unpaired) electrons. The Bertz CT molecular complexity index is 666. The molecular formula is C9H16N6O3S3. The SMILES string of the molecule is N=C(N)Cc1nc(CS(=O)CCC(N)=NS(N)(=O)=O)cs1. The smallest absolute Gasteiger partial charge is 0.318 e. The van der Waals surface area contributed by atoms with Crippen LogP contribution in [0.2, 0.25) is 0 Å². The van der Waals surface area contributed by atoms with E-state index in [1.165, 1.54) is 11.3 Å². The lowest BCUT2D eigenvalue weighted by Gasteiger charge is -2.00. The van der Waals surface area contributed by atoms with Crippen molar-refractivity contribution in [2.45, 2.75) is 18.6 Å². The minimum absolute atomic E-state index is 0.0176. The predicted octanol–water partition coefficient (Wildman–Crippen LogP) is -1.18. The first-order valence-electron chi connectivity index (χ1n) is 5.64. The van der Waals surface area contributed by atoms with Crippen LogP contribution in [0.1, 0.15) is 17.1 Å². The third kappa shape index (κ3) is 7.84. The standard InChI is InChI=1S/C9H16N6O3S3/c10-7(11)3-9-14-6(4-19-9)5-20(16)2-1-8(12)15-21(13,17)18/h4H,1-3,5H2,(H3,10,11)(H2,12,15)(H2,13,17,18). The molecular weight excluding hydrogens is 336 g/mol. The van der Waals surface area contributed by atoms with Crippen LogP contribution in [-0.2, 0) is 33.2 Å². The maximum Gasteiger partial charge on any atom is 0.318 e. The van der Waals surface area contributed by atoms with Crippen molar-refractivity contribution in [3.05, 3.63) is 16.1 Å². The van der Waals surface area contributed by atoms with Crippen LogP contribution in [0.15, 0.2) is 9.78 Å². The van der Waals surface area contributed by atoms with E-state index in [4.69, 9.17) is 22.0 Å². The molecule has 7 N–H and O–H groups in total. The van der Waals surface area contributed by atoms with E-state index in [0.717, 1.165) is 0 Å². The van der Waals surface area contributed by atoms with E-state index in [2.05, 4.69) is 9.38 Å². The van der Waals surface area contributed by atoms with Crippen LogP contribution in [0.4, 0.5) is 0 Å². The van der Waals surface area contributed by atoms with Gasteiger partial charge in [0.05, 0.1) is 23.7 Å². The summed E-state index contributed by atoms with van der Waals surface area (Å²) < 4.78 is 36.2. The first-order chi connectivity index (χ1) is 9.65. The van der Waals surface area contributed by atoms with Crippen molar-refractivity contribution >= 4 is 44.0 Å². The van der Waals surface area contributed by atoms with Gasteiger partial charge in [0.15, 0.2) is 0 Å². The summed E-state index contributed by atoms with van der Waals surface area (Å²) >= 11 is 1.34. The van der Waals surface area contributed by atoms with Gasteiger partial charge < -0.3 is 11.5 Å². The summed E-state index contributed by atoms with van der Waals surface area (Å²) in [5, 5.41) is 14.3. The van der Waals surface area contributed by atoms with Crippen molar-refractivity contribution < 1.29 is 12.6 Å². The molecule has 1 rings (SSSR count). The molecule has 0 bridgehead atoms. The Morgan fingerprint density at radius 1 is 1.48 bits per heavy atom. The maximum atomic E-state index is 11.8. The Kier molecular flexibility index (Phi) is 6.39. The Hall–Kier alpha value is -1.37. The number of rotatable bonds is 8. The van der Waals surface area contributed by atoms with Crippen molar-refractivity contribution in [3.63, 3.8) is 0 Å². The fraction of sp³-hybridized carbons (Fsp3) is 0.444. The summed E-state index contributed by atoms with van der Waals surface area (Å²) in [5.74, 6) is 0.215. The molecule has 1 heterocycles. The summed E-state index contributed by atoms with van der Waals surface area (Å²) in [7, 11) is -5.27. The van der Waals surface area contributed by atoms with E-state index in [1.54, 1.807) is 5.38 Å². The summed E-state index contributed by atoms with van der Waals surface area (Å²) in [4.78, 5) is 4.20. The van der Waals surface area contributed by atoms with Crippen molar-refractivity contribution in [2.24, 2.45) is 21.0 Å². The molecule has 1 aromatic heterocycles. The number of nitrogens with two attached hydrogens (primary N) is 3. The lowest BCUT2D eigenvalue weighted by Crippen LogP contribution is -2.20. The normalized spacial score (nSPS) is 14.0. The number of aromatic nitrogens is 1. The van der Waals surface area contributed by atoms with Gasteiger partial charge in [0.2, 0.25) is 0 Å². The first-order valence-corrected chi connectivity index (χ1v) is 9.51. The van der Waals surface area contributed by atoms with E-state index in [0.29, 0.717) is 10.7 Å². The fourth-order valence-corrected chi connectivity index (χ4v) is 3.72. The van der Waals surface area contributed by atoms with Gasteiger partial charge in [-0.15, -0.1) is 15.7 Å². The van der Waals surface area contributed by atoms with Gasteiger partial charge in [-0.05, 0) is 0 Å². The summed E-state index contributed by atoms with van der Waals surface area (Å²) in [5.41, 5.74) is 11.3. The third-order valence-electron chi connectivity index (χ3n) is 2.08. The molecule has 0 aromatic carbocycles. The topological polar surface area (TPSA) is 178 Å². The minimum atomic E-state index is -4.02. The van der Waals surface area contributed by atoms with Crippen molar-refractivity contribution in [1.82, 2.24) is 4.98 Å². The molecule has 12 heteroatoms. The number of hydrogen-bond donors (Lipinski definition) is 4. The highest BCUT2D eigenvalue weighted by Gasteiger charge is 2.09. The van der Waals surface area contributed by atoms with Crippen LogP contribution in [0.3, 0.4) is 0 Å². The summed E-state index contributed by atoms with van der Waals surface area (Å²) in [6.45, 7) is 0. The maximum absolute atomic E-state index is 11.8. The predicted molar refractivity (Wildman–Crippen MR) is 83.8 cm³/mol. The molecule has 0 aliphatic heterocycles. The molecule has 1 unspecified atom stereocenters. The average Bonchev–Trinajstić information content (AvgIpc) is 2.70. The van der Waals surface area contributed by atoms with Gasteiger partial charge in [0, 0.05) is 28.4 Å². The molecule has 0 saturated carbocycles. The molecule has 0 aliphatic rings. The zero-order chi connectivity index (χ0) is 16.0. The minimum Gasteiger partial charge on any atom is -0.387 e. The van der Waals surface area contributed by atoms with Crippen LogP contribution in [0.25, 0.3) is 0 Å². The van der Waals surface area contributed by atoms with E-state index >= 15 is 0 Å². The molecule has 1 atom stereocenters. The summed E-state index contributed by atoms with van der Waals surface area (Å²) in [6, 6.07) is 0. The molecule has 118 valence electrons. The van der Waals surface area contributed by atoms with E-state index < -0.39 is 21.0 Å². The van der Waals surface area contributed by atoms with Crippen molar-refractivity contribution in [1.29, 1.82) is 5.41 Å². The highest BCUT2D eigenvalue weighted by atomic mass is 32.2. The number of nitrogens with one attached hydrogen (secondary N) is 1. The Morgan fingerprint density at radius 3 is 2.71 bits per heavy atom. The largest absolute Gasteiger partial charge is 0.387 e. The second-order valence-electron chi connectivity index (χ2n) is 4.07. The molecule has 0 aliphatic carbocycles. The Balaban J connectivity index is 2.49. The Morgan fingerprint density at radius 2 is 2.14 bits per heavy atom. The van der Waals surface area contributed by atoms with E-state index in [9.17, 15) is 12.6 Å². The summed E-state index contributed by atoms with van der Waals surface area (Å²) in [6.07, 6.45) is 0.332. The van der Waals surface area contributed by atoms with Crippen LogP contribution >= 0.6 is 11.3 Å². The zero-order valence-electron chi connectivity index (χ0n) is 11.0. The van der Waals surface area contributed by atoms with Crippen LogP contribution in [0.5, 0.6) is 0 Å². The van der Waals surface area contributed by atoms with Crippen LogP contribution in [0, 0.1) is 5.41 Å². The molecule has 0 fully saturated rings. The van der Waals surface area contributed by atoms with Crippen LogP contribution < -0.4 is 16.6 Å². The molecule has 9 nitrogen and oxygen atoms in total. The highest BCUT2D eigenvalue weighted by Crippen LogP contribution is 2.12. The Labute approximate surface area is 128 Å². The number of hydrogen-bond acceptors (Lipinski definition) is 6. The van der Waals surface area contributed by atoms with Gasteiger partial charge in [-0.3, -0.25) is 9.62 Å². The van der Waals surface area contributed by atoms with Gasteiger partial charge >= 0.3 is 10.2 Å². The first kappa shape index (κ1) is 17.7. The highest BCUT2D eigenvalue weighted by molar-refractivity contribution is 7.88. The lowest BCUT2D eigenvalue weighted by molar-refractivity contribution is 0.599.